The summed E-state index contributed by atoms with van der Waals surface area (Å²) in [5.41, 5.74) is 0.861. The summed E-state index contributed by atoms with van der Waals surface area (Å²) in [6.07, 6.45) is 1.37. The van der Waals surface area contributed by atoms with E-state index in [1.807, 2.05) is 24.3 Å². The van der Waals surface area contributed by atoms with Gasteiger partial charge in [-0.1, -0.05) is 35.9 Å². The number of fused-ring (bicyclic) bond motifs is 1. The van der Waals surface area contributed by atoms with Gasteiger partial charge in [0.25, 0.3) is 0 Å². The maximum absolute atomic E-state index is 12.1. The molecule has 0 fully saturated rings. The molecule has 160 valence electrons. The molecule has 1 unspecified atom stereocenters. The van der Waals surface area contributed by atoms with Gasteiger partial charge in [0.05, 0.1) is 5.56 Å². The molecule has 0 aliphatic rings. The zero-order valence-electron chi connectivity index (χ0n) is 16.9. The maximum Gasteiger partial charge on any atom is 0.352 e. The zero-order valence-corrected chi connectivity index (χ0v) is 17.7. The third-order valence-corrected chi connectivity index (χ3v) is 5.31. The molecule has 4 aromatic rings. The average molecular weight is 449 g/mol. The summed E-state index contributed by atoms with van der Waals surface area (Å²) in [4.78, 5) is 16.2. The second-order valence-electron chi connectivity index (χ2n) is 7.13. The first-order valence-electron chi connectivity index (χ1n) is 9.57. The van der Waals surface area contributed by atoms with Crippen molar-refractivity contribution in [3.05, 3.63) is 88.8 Å². The highest BCUT2D eigenvalue weighted by molar-refractivity contribution is 6.31. The number of carboxylic acids is 1. The Balaban J connectivity index is 1.61. The Labute approximate surface area is 188 Å². The van der Waals surface area contributed by atoms with Gasteiger partial charge in [0.1, 0.15) is 29.7 Å². The van der Waals surface area contributed by atoms with Crippen molar-refractivity contribution in [2.24, 2.45) is 0 Å². The number of hydrogen-bond acceptors (Lipinski definition) is 6. The average Bonchev–Trinajstić information content (AvgIpc) is 3.26. The summed E-state index contributed by atoms with van der Waals surface area (Å²) < 4.78 is 17.0. The van der Waals surface area contributed by atoms with Crippen molar-refractivity contribution in [3.63, 3.8) is 0 Å². The lowest BCUT2D eigenvalue weighted by molar-refractivity contribution is -0.154. The predicted molar refractivity (Wildman–Crippen MR) is 117 cm³/mol. The number of carboxylic acid groups (broad SMARTS) is 1. The highest BCUT2D eigenvalue weighted by Crippen LogP contribution is 2.36. The molecular weight excluding hydrogens is 432 g/mol. The minimum atomic E-state index is -1.82. The summed E-state index contributed by atoms with van der Waals surface area (Å²) in [7, 11) is 0. The first kappa shape index (κ1) is 21.2. The molecule has 0 saturated heterocycles. The molecule has 0 spiro atoms. The zero-order chi connectivity index (χ0) is 22.7. The van der Waals surface area contributed by atoms with Crippen LogP contribution in [0, 0.1) is 11.3 Å². The number of aliphatic carboxylic acids is 1. The van der Waals surface area contributed by atoms with Gasteiger partial charge in [0.2, 0.25) is 5.60 Å². The van der Waals surface area contributed by atoms with Crippen LogP contribution in [0.1, 0.15) is 23.6 Å². The number of benzene rings is 3. The van der Waals surface area contributed by atoms with E-state index in [1.165, 1.54) is 25.5 Å². The molecule has 0 amide bonds. The van der Waals surface area contributed by atoms with Crippen LogP contribution in [-0.2, 0) is 17.0 Å². The van der Waals surface area contributed by atoms with E-state index in [-0.39, 0.29) is 28.5 Å². The minimum Gasteiger partial charge on any atom is -0.489 e. The van der Waals surface area contributed by atoms with E-state index >= 15 is 0 Å². The fraction of sp³-hybridized carbons (Fsp3) is 0.125. The molecule has 0 aliphatic heterocycles. The molecule has 1 aromatic heterocycles. The topological polar surface area (TPSA) is 106 Å². The Morgan fingerprint density at radius 2 is 2.03 bits per heavy atom. The molecule has 1 atom stereocenters. The van der Waals surface area contributed by atoms with E-state index < -0.39 is 11.6 Å². The van der Waals surface area contributed by atoms with E-state index in [4.69, 9.17) is 25.5 Å². The van der Waals surface area contributed by atoms with E-state index in [2.05, 4.69) is 4.98 Å². The second-order valence-corrected chi connectivity index (χ2v) is 7.54. The van der Waals surface area contributed by atoms with Crippen molar-refractivity contribution in [1.29, 1.82) is 5.26 Å². The third-order valence-electron chi connectivity index (χ3n) is 4.98. The largest absolute Gasteiger partial charge is 0.489 e. The molecule has 7 nitrogen and oxygen atoms in total. The fourth-order valence-electron chi connectivity index (χ4n) is 3.21. The number of aromatic nitrogens is 1. The summed E-state index contributed by atoms with van der Waals surface area (Å²) in [6.45, 7) is 1.61. The maximum atomic E-state index is 12.1. The van der Waals surface area contributed by atoms with Crippen molar-refractivity contribution in [2.75, 3.05) is 0 Å². The van der Waals surface area contributed by atoms with E-state index in [0.29, 0.717) is 11.3 Å². The van der Waals surface area contributed by atoms with Gasteiger partial charge in [-0.3, -0.25) is 0 Å². The molecule has 1 heterocycles. The van der Waals surface area contributed by atoms with Crippen LogP contribution in [0.5, 0.6) is 11.5 Å². The van der Waals surface area contributed by atoms with Gasteiger partial charge in [-0.05, 0) is 42.8 Å². The third kappa shape index (κ3) is 4.09. The van der Waals surface area contributed by atoms with Gasteiger partial charge < -0.3 is 19.0 Å². The molecule has 1 N–H and O–H groups in total. The molecule has 0 radical (unpaired) electrons. The van der Waals surface area contributed by atoms with Gasteiger partial charge in [-0.2, -0.15) is 5.26 Å². The SMILES string of the molecule is CC(Oc1cc(OCc2ccc3ncoc3c2)ccc1C#N)(C(=O)O)c1ccccc1Cl. The van der Waals surface area contributed by atoms with Crippen LogP contribution in [0.4, 0.5) is 0 Å². The van der Waals surface area contributed by atoms with Gasteiger partial charge in [-0.25, -0.2) is 9.78 Å². The molecule has 32 heavy (non-hydrogen) atoms. The highest BCUT2D eigenvalue weighted by atomic mass is 35.5. The highest BCUT2D eigenvalue weighted by Gasteiger charge is 2.40. The smallest absolute Gasteiger partial charge is 0.352 e. The molecule has 8 heteroatoms. The van der Waals surface area contributed by atoms with Crippen LogP contribution in [0.25, 0.3) is 11.1 Å². The summed E-state index contributed by atoms with van der Waals surface area (Å²) in [6, 6.07) is 18.7. The Morgan fingerprint density at radius 3 is 2.78 bits per heavy atom. The Kier molecular flexibility index (Phi) is 5.71. The van der Waals surface area contributed by atoms with Crippen molar-refractivity contribution in [3.8, 4) is 17.6 Å². The van der Waals surface area contributed by atoms with Crippen LogP contribution in [-0.4, -0.2) is 16.1 Å². The summed E-state index contributed by atoms with van der Waals surface area (Å²) in [5, 5.41) is 19.7. The first-order chi connectivity index (χ1) is 15.4. The normalized spacial score (nSPS) is 12.7. The number of hydrogen-bond donors (Lipinski definition) is 1. The van der Waals surface area contributed by atoms with E-state index in [0.717, 1.165) is 11.1 Å². The molecule has 0 bridgehead atoms. The van der Waals surface area contributed by atoms with E-state index in [1.54, 1.807) is 30.3 Å². The number of oxazole rings is 1. The predicted octanol–water partition coefficient (Wildman–Crippen LogP) is 5.31. The van der Waals surface area contributed by atoms with Crippen molar-refractivity contribution >= 4 is 28.7 Å². The number of rotatable bonds is 7. The van der Waals surface area contributed by atoms with Gasteiger partial charge in [0, 0.05) is 16.7 Å². The molecule has 0 aliphatic carbocycles. The van der Waals surface area contributed by atoms with Crippen LogP contribution < -0.4 is 9.47 Å². The van der Waals surface area contributed by atoms with Crippen LogP contribution in [0.3, 0.4) is 0 Å². The lowest BCUT2D eigenvalue weighted by Crippen LogP contribution is -2.39. The number of nitriles is 1. The molecule has 3 aromatic carbocycles. The van der Waals surface area contributed by atoms with Gasteiger partial charge >= 0.3 is 5.97 Å². The lowest BCUT2D eigenvalue weighted by atomic mass is 9.95. The standard InChI is InChI=1S/C24H17ClN2O5/c1-24(23(28)29,18-4-2-3-5-19(18)25)32-21-11-17(8-7-16(21)12-26)30-13-15-6-9-20-22(10-15)31-14-27-20/h2-11,14H,13H2,1H3,(H,28,29). The summed E-state index contributed by atoms with van der Waals surface area (Å²) >= 11 is 6.23. The van der Waals surface area contributed by atoms with Gasteiger partial charge in [0.15, 0.2) is 12.0 Å². The Hall–Kier alpha value is -4.02. The fourth-order valence-corrected chi connectivity index (χ4v) is 3.52. The van der Waals surface area contributed by atoms with Crippen LogP contribution in [0.2, 0.25) is 5.02 Å². The van der Waals surface area contributed by atoms with E-state index in [9.17, 15) is 15.2 Å². The Bertz CT molecular complexity index is 1340. The number of carbonyl (C=O) groups is 1. The Morgan fingerprint density at radius 1 is 1.22 bits per heavy atom. The lowest BCUT2D eigenvalue weighted by Gasteiger charge is -2.28. The van der Waals surface area contributed by atoms with Crippen molar-refractivity contribution < 1.29 is 23.8 Å². The minimum absolute atomic E-state index is 0.0699. The van der Waals surface area contributed by atoms with Crippen molar-refractivity contribution in [2.45, 2.75) is 19.1 Å². The number of nitrogens with zero attached hydrogens (tertiary/aromatic N) is 2. The van der Waals surface area contributed by atoms with Crippen LogP contribution >= 0.6 is 11.6 Å². The monoisotopic (exact) mass is 448 g/mol. The molecule has 0 saturated carbocycles. The summed E-state index contributed by atoms with van der Waals surface area (Å²) in [5.74, 6) is -0.773. The van der Waals surface area contributed by atoms with Gasteiger partial charge in [-0.15, -0.1) is 0 Å². The molecular formula is C24H17ClN2O5. The quantitative estimate of drug-likeness (QED) is 0.408. The first-order valence-corrected chi connectivity index (χ1v) is 9.95. The molecule has 4 rings (SSSR count). The number of halogens is 1. The van der Waals surface area contributed by atoms with Crippen LogP contribution in [0.15, 0.2) is 71.5 Å². The second kappa shape index (κ2) is 8.61. The van der Waals surface area contributed by atoms with Crippen molar-refractivity contribution in [1.82, 2.24) is 4.98 Å². The number of ether oxygens (including phenoxy) is 2.